The summed E-state index contributed by atoms with van der Waals surface area (Å²) in [6.07, 6.45) is 1.02. The molecular formula is C12H16N2O5. The van der Waals surface area contributed by atoms with Crippen LogP contribution >= 0.6 is 0 Å². The average Bonchev–Trinajstić information content (AvgIpc) is 2.25. The van der Waals surface area contributed by atoms with E-state index in [0.29, 0.717) is 5.56 Å². The lowest BCUT2D eigenvalue weighted by molar-refractivity contribution is 0.0201. The van der Waals surface area contributed by atoms with Gasteiger partial charge in [-0.05, 0) is 26.8 Å². The lowest BCUT2D eigenvalue weighted by Gasteiger charge is -2.19. The van der Waals surface area contributed by atoms with Crippen molar-refractivity contribution in [3.8, 4) is 5.75 Å². The first-order chi connectivity index (χ1) is 8.78. The maximum Gasteiger partial charge on any atom is 0.514 e. The van der Waals surface area contributed by atoms with E-state index in [2.05, 4.69) is 9.72 Å². The number of hydrogen-bond donors (Lipinski definition) is 1. The van der Waals surface area contributed by atoms with E-state index in [1.807, 2.05) is 0 Å². The molecule has 7 nitrogen and oxygen atoms in total. The summed E-state index contributed by atoms with van der Waals surface area (Å²) in [6.45, 7) is 5.04. The Morgan fingerprint density at radius 3 is 2.63 bits per heavy atom. The molecule has 0 aliphatic carbocycles. The average molecular weight is 268 g/mol. The minimum absolute atomic E-state index is 0.115. The number of nitrogens with two attached hydrogens (primary N) is 1. The van der Waals surface area contributed by atoms with Gasteiger partial charge in [-0.3, -0.25) is 4.98 Å². The van der Waals surface area contributed by atoms with E-state index in [1.165, 1.54) is 12.4 Å². The third kappa shape index (κ3) is 5.71. The Labute approximate surface area is 110 Å². The largest absolute Gasteiger partial charge is 0.514 e. The summed E-state index contributed by atoms with van der Waals surface area (Å²) in [5.74, 6) is 0.151. The van der Waals surface area contributed by atoms with Crippen LogP contribution in [0.5, 0.6) is 5.75 Å². The predicted molar refractivity (Wildman–Crippen MR) is 65.5 cm³/mol. The lowest BCUT2D eigenvalue weighted by atomic mass is 10.2. The first kappa shape index (κ1) is 14.7. The zero-order valence-electron chi connectivity index (χ0n) is 11.0. The maximum absolute atomic E-state index is 11.5. The van der Waals surface area contributed by atoms with E-state index in [4.69, 9.17) is 15.2 Å². The summed E-state index contributed by atoms with van der Waals surface area (Å²) < 4.78 is 14.6. The number of amides is 1. The Morgan fingerprint density at radius 2 is 2.05 bits per heavy atom. The third-order valence-electron chi connectivity index (χ3n) is 1.82. The Balaban J connectivity index is 2.72. The second-order valence-corrected chi connectivity index (χ2v) is 4.66. The molecule has 0 saturated carbocycles. The Kier molecular flexibility index (Phi) is 4.68. The number of rotatable bonds is 3. The highest BCUT2D eigenvalue weighted by Crippen LogP contribution is 2.19. The van der Waals surface area contributed by atoms with E-state index < -0.39 is 17.8 Å². The molecule has 19 heavy (non-hydrogen) atoms. The Morgan fingerprint density at radius 1 is 1.37 bits per heavy atom. The fraction of sp³-hybridized carbons (Fsp3) is 0.417. The van der Waals surface area contributed by atoms with Gasteiger partial charge >= 0.3 is 12.2 Å². The van der Waals surface area contributed by atoms with Gasteiger partial charge in [-0.1, -0.05) is 0 Å². The second kappa shape index (κ2) is 6.03. The molecule has 0 radical (unpaired) electrons. The molecule has 0 aromatic carbocycles. The normalized spacial score (nSPS) is 10.7. The molecule has 0 atom stereocenters. The second-order valence-electron chi connectivity index (χ2n) is 4.66. The van der Waals surface area contributed by atoms with Gasteiger partial charge in [0.1, 0.15) is 12.2 Å². The SMILES string of the molecule is CC(C)(C)OC(=O)Oc1cnccc1COC(N)=O. The number of aromatic nitrogens is 1. The smallest absolute Gasteiger partial charge is 0.445 e. The van der Waals surface area contributed by atoms with Crippen LogP contribution < -0.4 is 10.5 Å². The Hall–Kier alpha value is -2.31. The zero-order chi connectivity index (χ0) is 14.5. The Bertz CT molecular complexity index is 467. The van der Waals surface area contributed by atoms with Crippen molar-refractivity contribution in [3.05, 3.63) is 24.0 Å². The van der Waals surface area contributed by atoms with Crippen molar-refractivity contribution in [2.75, 3.05) is 0 Å². The van der Waals surface area contributed by atoms with E-state index >= 15 is 0 Å². The van der Waals surface area contributed by atoms with Crippen LogP contribution in [0.4, 0.5) is 9.59 Å². The van der Waals surface area contributed by atoms with Gasteiger partial charge in [0.05, 0.1) is 6.20 Å². The molecule has 0 bridgehead atoms. The van der Waals surface area contributed by atoms with Gasteiger partial charge in [0.15, 0.2) is 5.75 Å². The molecule has 1 aromatic rings. The molecule has 0 aliphatic heterocycles. The number of ether oxygens (including phenoxy) is 3. The molecule has 2 N–H and O–H groups in total. The van der Waals surface area contributed by atoms with Gasteiger partial charge in [-0.25, -0.2) is 9.59 Å². The van der Waals surface area contributed by atoms with Crippen molar-refractivity contribution in [1.29, 1.82) is 0 Å². The summed E-state index contributed by atoms with van der Waals surface area (Å²) in [6, 6.07) is 1.54. The molecule has 1 rings (SSSR count). The lowest BCUT2D eigenvalue weighted by Crippen LogP contribution is -2.26. The van der Waals surface area contributed by atoms with Gasteiger partial charge < -0.3 is 19.9 Å². The quantitative estimate of drug-likeness (QED) is 0.841. The molecule has 0 aliphatic rings. The van der Waals surface area contributed by atoms with E-state index in [0.717, 1.165) is 0 Å². The molecular weight excluding hydrogens is 252 g/mol. The van der Waals surface area contributed by atoms with Crippen LogP contribution in [0.25, 0.3) is 0 Å². The van der Waals surface area contributed by atoms with Gasteiger partial charge in [0, 0.05) is 11.8 Å². The zero-order valence-corrected chi connectivity index (χ0v) is 11.0. The fourth-order valence-electron chi connectivity index (χ4n) is 1.13. The molecule has 1 heterocycles. The molecule has 1 amide bonds. The molecule has 7 heteroatoms. The van der Waals surface area contributed by atoms with Crippen LogP contribution in [0, 0.1) is 0 Å². The predicted octanol–water partition coefficient (Wildman–Crippen LogP) is 1.99. The summed E-state index contributed by atoms with van der Waals surface area (Å²) in [7, 11) is 0. The fourth-order valence-corrected chi connectivity index (χ4v) is 1.13. The highest BCUT2D eigenvalue weighted by atomic mass is 16.7. The van der Waals surface area contributed by atoms with Crippen LogP contribution in [0.3, 0.4) is 0 Å². The number of primary amides is 1. The number of carbonyl (C=O) groups is 2. The van der Waals surface area contributed by atoms with E-state index in [9.17, 15) is 9.59 Å². The standard InChI is InChI=1S/C12H16N2O5/c1-12(2,3)19-11(16)18-9-6-14-5-4-8(9)7-17-10(13)15/h4-6H,7H2,1-3H3,(H2,13,15). The number of nitrogens with zero attached hydrogens (tertiary/aromatic N) is 1. The summed E-state index contributed by atoms with van der Waals surface area (Å²) >= 11 is 0. The van der Waals surface area contributed by atoms with Gasteiger partial charge in [0.25, 0.3) is 0 Å². The topological polar surface area (TPSA) is 101 Å². The summed E-state index contributed by atoms with van der Waals surface area (Å²) in [4.78, 5) is 25.9. The van der Waals surface area contributed by atoms with Crippen molar-refractivity contribution in [1.82, 2.24) is 4.98 Å². The summed E-state index contributed by atoms with van der Waals surface area (Å²) in [5, 5.41) is 0. The third-order valence-corrected chi connectivity index (χ3v) is 1.82. The van der Waals surface area contributed by atoms with Gasteiger partial charge in [-0.15, -0.1) is 0 Å². The molecule has 0 unspecified atom stereocenters. The molecule has 0 spiro atoms. The van der Waals surface area contributed by atoms with Crippen molar-refractivity contribution in [2.24, 2.45) is 5.73 Å². The van der Waals surface area contributed by atoms with Crippen LogP contribution in [-0.2, 0) is 16.1 Å². The molecule has 104 valence electrons. The number of hydrogen-bond acceptors (Lipinski definition) is 6. The molecule has 0 saturated heterocycles. The summed E-state index contributed by atoms with van der Waals surface area (Å²) in [5.41, 5.74) is 4.66. The highest BCUT2D eigenvalue weighted by molar-refractivity contribution is 5.66. The van der Waals surface area contributed by atoms with Crippen molar-refractivity contribution in [2.45, 2.75) is 33.0 Å². The van der Waals surface area contributed by atoms with Gasteiger partial charge in [0.2, 0.25) is 0 Å². The minimum atomic E-state index is -0.917. The van der Waals surface area contributed by atoms with Crippen molar-refractivity contribution in [3.63, 3.8) is 0 Å². The van der Waals surface area contributed by atoms with Crippen molar-refractivity contribution < 1.29 is 23.8 Å². The number of pyridine rings is 1. The highest BCUT2D eigenvalue weighted by Gasteiger charge is 2.19. The van der Waals surface area contributed by atoms with Gasteiger partial charge in [-0.2, -0.15) is 0 Å². The monoisotopic (exact) mass is 268 g/mol. The van der Waals surface area contributed by atoms with Crippen LogP contribution in [-0.4, -0.2) is 22.8 Å². The van der Waals surface area contributed by atoms with Crippen molar-refractivity contribution >= 4 is 12.2 Å². The van der Waals surface area contributed by atoms with Crippen LogP contribution in [0.2, 0.25) is 0 Å². The molecule has 0 fully saturated rings. The first-order valence-corrected chi connectivity index (χ1v) is 5.54. The minimum Gasteiger partial charge on any atom is -0.445 e. The van der Waals surface area contributed by atoms with Crippen LogP contribution in [0.15, 0.2) is 18.5 Å². The number of carbonyl (C=O) groups excluding carboxylic acids is 2. The van der Waals surface area contributed by atoms with E-state index in [-0.39, 0.29) is 12.4 Å². The van der Waals surface area contributed by atoms with Crippen LogP contribution in [0.1, 0.15) is 26.3 Å². The maximum atomic E-state index is 11.5. The molecule has 1 aromatic heterocycles. The first-order valence-electron chi connectivity index (χ1n) is 5.54. The van der Waals surface area contributed by atoms with E-state index in [1.54, 1.807) is 26.8 Å².